The molecular formula is C5H2ClN3O. The van der Waals surface area contributed by atoms with Gasteiger partial charge in [0, 0.05) is 0 Å². The van der Waals surface area contributed by atoms with E-state index < -0.39 is 0 Å². The highest BCUT2D eigenvalue weighted by Crippen LogP contribution is 2.09. The van der Waals surface area contributed by atoms with Crippen molar-refractivity contribution < 1.29 is 4.42 Å². The van der Waals surface area contributed by atoms with Crippen molar-refractivity contribution in [3.63, 3.8) is 0 Å². The number of halogens is 1. The lowest BCUT2D eigenvalue weighted by Crippen LogP contribution is -1.79. The van der Waals surface area contributed by atoms with E-state index in [9.17, 15) is 0 Å². The summed E-state index contributed by atoms with van der Waals surface area (Å²) in [6.45, 7) is 0. The van der Waals surface area contributed by atoms with Gasteiger partial charge in [0.05, 0.1) is 6.20 Å². The lowest BCUT2D eigenvalue weighted by atomic mass is 10.6. The summed E-state index contributed by atoms with van der Waals surface area (Å²) in [5.41, 5.74) is 1.03. The molecule has 0 saturated heterocycles. The largest absolute Gasteiger partial charge is 0.425 e. The molecule has 2 aromatic rings. The van der Waals surface area contributed by atoms with Crippen LogP contribution in [0, 0.1) is 0 Å². The minimum absolute atomic E-state index is 0.171. The molecule has 0 amide bonds. The van der Waals surface area contributed by atoms with Crippen LogP contribution < -0.4 is 0 Å². The lowest BCUT2D eigenvalue weighted by Gasteiger charge is -1.83. The maximum atomic E-state index is 5.47. The van der Waals surface area contributed by atoms with Crippen LogP contribution in [0.3, 0.4) is 0 Å². The Labute approximate surface area is 60.9 Å². The molecule has 2 rings (SSSR count). The molecule has 10 heavy (non-hydrogen) atoms. The third-order valence-corrected chi connectivity index (χ3v) is 1.24. The van der Waals surface area contributed by atoms with Crippen LogP contribution in [-0.4, -0.2) is 15.0 Å². The molecule has 2 heterocycles. The maximum Gasteiger partial charge on any atom is 0.251 e. The Morgan fingerprint density at radius 1 is 1.40 bits per heavy atom. The highest BCUT2D eigenvalue weighted by Gasteiger charge is 1.99. The fourth-order valence-electron chi connectivity index (χ4n) is 0.648. The molecule has 0 N–H and O–H groups in total. The van der Waals surface area contributed by atoms with Gasteiger partial charge in [-0.1, -0.05) is 0 Å². The predicted octanol–water partition coefficient (Wildman–Crippen LogP) is 1.27. The molecule has 0 aromatic carbocycles. The van der Waals surface area contributed by atoms with Crippen molar-refractivity contribution in [2.24, 2.45) is 0 Å². The van der Waals surface area contributed by atoms with Crippen molar-refractivity contribution in [2.45, 2.75) is 0 Å². The van der Waals surface area contributed by atoms with Crippen LogP contribution in [0.25, 0.3) is 11.2 Å². The summed E-state index contributed by atoms with van der Waals surface area (Å²) in [7, 11) is 0. The van der Waals surface area contributed by atoms with Gasteiger partial charge in [-0.2, -0.15) is 4.98 Å². The van der Waals surface area contributed by atoms with Gasteiger partial charge >= 0.3 is 0 Å². The number of fused-ring (bicyclic) bond motifs is 1. The first-order valence-electron chi connectivity index (χ1n) is 2.58. The molecule has 0 saturated carbocycles. The zero-order chi connectivity index (χ0) is 6.97. The second-order valence-corrected chi connectivity index (χ2v) is 2.02. The van der Waals surface area contributed by atoms with Crippen molar-refractivity contribution in [1.82, 2.24) is 15.0 Å². The Kier molecular flexibility index (Phi) is 1.07. The first-order chi connectivity index (χ1) is 4.86. The summed E-state index contributed by atoms with van der Waals surface area (Å²) < 4.78 is 4.85. The number of hydrogen-bond acceptors (Lipinski definition) is 4. The Balaban J connectivity index is 2.86. The number of nitrogens with zero attached hydrogens (tertiary/aromatic N) is 3. The Morgan fingerprint density at radius 3 is 3.20 bits per heavy atom. The Hall–Kier alpha value is -1.16. The molecule has 5 heteroatoms. The molecule has 50 valence electrons. The van der Waals surface area contributed by atoms with Crippen LogP contribution in [0.5, 0.6) is 0 Å². The van der Waals surface area contributed by atoms with Gasteiger partial charge in [-0.05, 0) is 11.6 Å². The third-order valence-electron chi connectivity index (χ3n) is 1.06. The fraction of sp³-hybridized carbons (Fsp3) is 0. The van der Waals surface area contributed by atoms with E-state index in [0.717, 1.165) is 0 Å². The molecule has 0 aliphatic rings. The van der Waals surface area contributed by atoms with Crippen molar-refractivity contribution in [3.8, 4) is 0 Å². The first kappa shape index (κ1) is 5.61. The van der Waals surface area contributed by atoms with E-state index in [2.05, 4.69) is 15.0 Å². The van der Waals surface area contributed by atoms with E-state index in [4.69, 9.17) is 16.0 Å². The van der Waals surface area contributed by atoms with Crippen molar-refractivity contribution >= 4 is 22.8 Å². The van der Waals surface area contributed by atoms with Gasteiger partial charge < -0.3 is 4.42 Å². The summed E-state index contributed by atoms with van der Waals surface area (Å²) in [6.07, 6.45) is 2.81. The molecule has 0 bridgehead atoms. The minimum atomic E-state index is 0.171. The average molecular weight is 156 g/mol. The van der Waals surface area contributed by atoms with E-state index in [1.54, 1.807) is 0 Å². The number of rotatable bonds is 0. The van der Waals surface area contributed by atoms with Gasteiger partial charge in [0.25, 0.3) is 5.71 Å². The van der Waals surface area contributed by atoms with Crippen LogP contribution in [0.15, 0.2) is 17.0 Å². The molecule has 0 fully saturated rings. The predicted molar refractivity (Wildman–Crippen MR) is 34.6 cm³/mol. The normalized spacial score (nSPS) is 10.5. The topological polar surface area (TPSA) is 51.8 Å². The van der Waals surface area contributed by atoms with Gasteiger partial charge in [0.15, 0.2) is 6.39 Å². The molecule has 4 nitrogen and oxygen atoms in total. The number of oxazole rings is 1. The van der Waals surface area contributed by atoms with E-state index in [-0.39, 0.29) is 5.28 Å². The number of aromatic nitrogens is 3. The second-order valence-electron chi connectivity index (χ2n) is 1.68. The van der Waals surface area contributed by atoms with Gasteiger partial charge in [0.1, 0.15) is 5.52 Å². The van der Waals surface area contributed by atoms with Crippen LogP contribution in [0.4, 0.5) is 0 Å². The zero-order valence-electron chi connectivity index (χ0n) is 4.78. The summed E-state index contributed by atoms with van der Waals surface area (Å²) >= 11 is 5.47. The third kappa shape index (κ3) is 0.733. The zero-order valence-corrected chi connectivity index (χ0v) is 5.54. The fourth-order valence-corrected chi connectivity index (χ4v) is 0.773. The molecular weight excluding hydrogens is 154 g/mol. The second kappa shape index (κ2) is 1.91. The van der Waals surface area contributed by atoms with Gasteiger partial charge in [-0.15, -0.1) is 0 Å². The smallest absolute Gasteiger partial charge is 0.251 e. The molecule has 2 aromatic heterocycles. The first-order valence-corrected chi connectivity index (χ1v) is 2.96. The summed E-state index contributed by atoms with van der Waals surface area (Å²) in [4.78, 5) is 11.3. The molecule has 0 aliphatic carbocycles. The maximum absolute atomic E-state index is 5.47. The van der Waals surface area contributed by atoms with E-state index in [1.165, 1.54) is 12.6 Å². The van der Waals surface area contributed by atoms with Crippen molar-refractivity contribution in [2.75, 3.05) is 0 Å². The Morgan fingerprint density at radius 2 is 2.30 bits per heavy atom. The van der Waals surface area contributed by atoms with Crippen LogP contribution in [0.2, 0.25) is 5.28 Å². The molecule has 0 unspecified atom stereocenters. The number of hydrogen-bond donors (Lipinski definition) is 0. The van der Waals surface area contributed by atoms with Crippen LogP contribution >= 0.6 is 11.6 Å². The molecule has 0 atom stereocenters. The summed E-state index contributed by atoms with van der Waals surface area (Å²) in [5.74, 6) is 0. The quantitative estimate of drug-likeness (QED) is 0.538. The van der Waals surface area contributed by atoms with Crippen molar-refractivity contribution in [1.29, 1.82) is 0 Å². The molecule has 0 aliphatic heterocycles. The molecule has 0 spiro atoms. The average Bonchev–Trinajstić information content (AvgIpc) is 2.33. The standard InChI is InChI=1S/C5H2ClN3O/c6-5-7-1-3-4(9-5)10-2-8-3/h1-2H. The van der Waals surface area contributed by atoms with Gasteiger partial charge in [-0.25, -0.2) is 9.97 Å². The van der Waals surface area contributed by atoms with Crippen LogP contribution in [-0.2, 0) is 0 Å². The SMILES string of the molecule is Clc1ncc2ncoc2n1. The van der Waals surface area contributed by atoms with Crippen LogP contribution in [0.1, 0.15) is 0 Å². The lowest BCUT2D eigenvalue weighted by molar-refractivity contribution is 0.590. The monoisotopic (exact) mass is 155 g/mol. The van der Waals surface area contributed by atoms with E-state index in [0.29, 0.717) is 11.2 Å². The van der Waals surface area contributed by atoms with E-state index in [1.807, 2.05) is 0 Å². The Bertz CT molecular complexity index is 358. The summed E-state index contributed by atoms with van der Waals surface area (Å²) in [6, 6.07) is 0. The highest BCUT2D eigenvalue weighted by molar-refractivity contribution is 6.28. The molecule has 0 radical (unpaired) electrons. The van der Waals surface area contributed by atoms with Gasteiger partial charge in [0.2, 0.25) is 5.28 Å². The van der Waals surface area contributed by atoms with E-state index >= 15 is 0 Å². The van der Waals surface area contributed by atoms with Gasteiger partial charge in [-0.3, -0.25) is 0 Å². The minimum Gasteiger partial charge on any atom is -0.425 e. The van der Waals surface area contributed by atoms with Crippen molar-refractivity contribution in [3.05, 3.63) is 17.9 Å². The summed E-state index contributed by atoms with van der Waals surface area (Å²) in [5, 5.41) is 0.171. The highest BCUT2D eigenvalue weighted by atomic mass is 35.5.